The zero-order valence-electron chi connectivity index (χ0n) is 10.4. The second kappa shape index (κ2) is 3.88. The van der Waals surface area contributed by atoms with Gasteiger partial charge in [-0.1, -0.05) is 0 Å². The normalized spacial score (nSPS) is 18.9. The van der Waals surface area contributed by atoms with Crippen molar-refractivity contribution < 1.29 is 14.2 Å². The number of ether oxygens (including phenoxy) is 1. The highest BCUT2D eigenvalue weighted by molar-refractivity contribution is 5.54. The summed E-state index contributed by atoms with van der Waals surface area (Å²) in [4.78, 5) is 0. The van der Waals surface area contributed by atoms with Gasteiger partial charge in [-0.25, -0.2) is 4.39 Å². The van der Waals surface area contributed by atoms with Crippen molar-refractivity contribution in [3.8, 4) is 11.5 Å². The Balaban J connectivity index is 2.58. The molecule has 4 heteroatoms. The molecule has 0 aromatic heterocycles. The van der Waals surface area contributed by atoms with Crippen LogP contribution in [0.1, 0.15) is 30.9 Å². The summed E-state index contributed by atoms with van der Waals surface area (Å²) in [5, 5.41) is 9.93. The topological polar surface area (TPSA) is 55.5 Å². The number of halogens is 1. The van der Waals surface area contributed by atoms with Crippen LogP contribution < -0.4 is 10.5 Å². The van der Waals surface area contributed by atoms with E-state index in [1.165, 1.54) is 13.2 Å². The van der Waals surface area contributed by atoms with Crippen LogP contribution in [-0.4, -0.2) is 18.3 Å². The molecule has 1 aliphatic rings. The van der Waals surface area contributed by atoms with Crippen LogP contribution in [0.25, 0.3) is 0 Å². The Hall–Kier alpha value is -1.29. The fourth-order valence-electron chi connectivity index (χ4n) is 2.53. The van der Waals surface area contributed by atoms with E-state index in [0.717, 1.165) is 18.4 Å². The molecule has 1 unspecified atom stereocenters. The summed E-state index contributed by atoms with van der Waals surface area (Å²) in [7, 11) is 1.34. The Morgan fingerprint density at radius 3 is 2.53 bits per heavy atom. The molecular formula is C13H18FNO2. The van der Waals surface area contributed by atoms with Crippen LogP contribution in [0.15, 0.2) is 6.07 Å². The van der Waals surface area contributed by atoms with Gasteiger partial charge in [0.2, 0.25) is 0 Å². The molecule has 3 N–H and O–H groups in total. The first-order valence-corrected chi connectivity index (χ1v) is 5.76. The maximum Gasteiger partial charge on any atom is 0.196 e. The van der Waals surface area contributed by atoms with E-state index in [4.69, 9.17) is 10.5 Å². The first kappa shape index (κ1) is 12.2. The van der Waals surface area contributed by atoms with E-state index in [2.05, 4.69) is 0 Å². The lowest BCUT2D eigenvalue weighted by Crippen LogP contribution is -2.32. The van der Waals surface area contributed by atoms with Crippen molar-refractivity contribution in [1.29, 1.82) is 0 Å². The van der Waals surface area contributed by atoms with Crippen LogP contribution in [0.4, 0.5) is 4.39 Å². The first-order chi connectivity index (χ1) is 7.94. The summed E-state index contributed by atoms with van der Waals surface area (Å²) in [6.07, 6.45) is 1.88. The number of hydrogen-bond donors (Lipinski definition) is 2. The van der Waals surface area contributed by atoms with E-state index >= 15 is 0 Å². The summed E-state index contributed by atoms with van der Waals surface area (Å²) >= 11 is 0. The molecule has 2 rings (SSSR count). The fourth-order valence-corrected chi connectivity index (χ4v) is 2.53. The van der Waals surface area contributed by atoms with Crippen LogP contribution in [0.3, 0.4) is 0 Å². The molecule has 1 aromatic rings. The number of nitrogens with two attached hydrogens (primary N) is 1. The summed E-state index contributed by atoms with van der Waals surface area (Å²) in [6, 6.07) is 1.40. The highest BCUT2D eigenvalue weighted by Gasteiger charge is 2.49. The van der Waals surface area contributed by atoms with Gasteiger partial charge in [-0.15, -0.1) is 0 Å². The van der Waals surface area contributed by atoms with Crippen molar-refractivity contribution in [1.82, 2.24) is 0 Å². The van der Waals surface area contributed by atoms with Gasteiger partial charge < -0.3 is 15.6 Å². The fraction of sp³-hybridized carbons (Fsp3) is 0.538. The van der Waals surface area contributed by atoms with Gasteiger partial charge in [0.05, 0.1) is 7.11 Å². The minimum Gasteiger partial charge on any atom is -0.504 e. The van der Waals surface area contributed by atoms with E-state index in [9.17, 15) is 9.50 Å². The van der Waals surface area contributed by atoms with Gasteiger partial charge in [0.15, 0.2) is 17.3 Å². The van der Waals surface area contributed by atoms with Crippen LogP contribution in [-0.2, 0) is 5.41 Å². The molecule has 17 heavy (non-hydrogen) atoms. The second-order valence-corrected chi connectivity index (χ2v) is 4.86. The molecule has 1 aromatic carbocycles. The molecule has 0 spiro atoms. The smallest absolute Gasteiger partial charge is 0.196 e. The Kier molecular flexibility index (Phi) is 2.78. The zero-order valence-corrected chi connectivity index (χ0v) is 10.4. The Bertz CT molecular complexity index is 453. The van der Waals surface area contributed by atoms with Gasteiger partial charge in [-0.3, -0.25) is 0 Å². The molecule has 0 amide bonds. The van der Waals surface area contributed by atoms with Crippen molar-refractivity contribution in [2.75, 3.05) is 7.11 Å². The van der Waals surface area contributed by atoms with E-state index in [0.29, 0.717) is 5.56 Å². The Morgan fingerprint density at radius 1 is 1.53 bits per heavy atom. The predicted molar refractivity (Wildman–Crippen MR) is 63.9 cm³/mol. The number of aromatic hydroxyl groups is 1. The zero-order chi connectivity index (χ0) is 12.8. The van der Waals surface area contributed by atoms with Gasteiger partial charge in [-0.05, 0) is 43.9 Å². The number of benzene rings is 1. The Morgan fingerprint density at radius 2 is 2.12 bits per heavy atom. The minimum absolute atomic E-state index is 0.0478. The molecule has 0 heterocycles. The SMILES string of the molecule is COc1c(F)cc(C2(C(C)N)CC2)c(C)c1O. The summed E-state index contributed by atoms with van der Waals surface area (Å²) < 4.78 is 18.6. The third-order valence-corrected chi connectivity index (χ3v) is 3.86. The first-order valence-electron chi connectivity index (χ1n) is 5.76. The molecule has 0 radical (unpaired) electrons. The third kappa shape index (κ3) is 1.67. The van der Waals surface area contributed by atoms with Crippen LogP contribution in [0.5, 0.6) is 11.5 Å². The largest absolute Gasteiger partial charge is 0.504 e. The number of phenolic OH excluding ortho intramolecular Hbond substituents is 1. The van der Waals surface area contributed by atoms with Crippen LogP contribution >= 0.6 is 0 Å². The summed E-state index contributed by atoms with van der Waals surface area (Å²) in [5.74, 6) is -0.737. The third-order valence-electron chi connectivity index (χ3n) is 3.86. The van der Waals surface area contributed by atoms with E-state index in [-0.39, 0.29) is 23.0 Å². The molecule has 1 aliphatic carbocycles. The lowest BCUT2D eigenvalue weighted by atomic mass is 9.86. The number of rotatable bonds is 3. The van der Waals surface area contributed by atoms with Crippen molar-refractivity contribution in [3.05, 3.63) is 23.0 Å². The maximum atomic E-state index is 13.8. The van der Waals surface area contributed by atoms with E-state index in [1.54, 1.807) is 6.92 Å². The number of methoxy groups -OCH3 is 1. The lowest BCUT2D eigenvalue weighted by Gasteiger charge is -2.23. The van der Waals surface area contributed by atoms with Crippen molar-refractivity contribution in [2.45, 2.75) is 38.1 Å². The summed E-state index contributed by atoms with van der Waals surface area (Å²) in [6.45, 7) is 3.70. The molecule has 3 nitrogen and oxygen atoms in total. The molecule has 1 saturated carbocycles. The van der Waals surface area contributed by atoms with Gasteiger partial charge in [0.25, 0.3) is 0 Å². The molecular weight excluding hydrogens is 221 g/mol. The van der Waals surface area contributed by atoms with Gasteiger partial charge in [-0.2, -0.15) is 0 Å². The van der Waals surface area contributed by atoms with Gasteiger partial charge in [0.1, 0.15) is 0 Å². The molecule has 94 valence electrons. The average molecular weight is 239 g/mol. The molecule has 1 fully saturated rings. The molecule has 0 bridgehead atoms. The summed E-state index contributed by atoms with van der Waals surface area (Å²) in [5.41, 5.74) is 7.27. The highest BCUT2D eigenvalue weighted by Crippen LogP contribution is 2.53. The maximum absolute atomic E-state index is 13.8. The van der Waals surface area contributed by atoms with Crippen molar-refractivity contribution in [3.63, 3.8) is 0 Å². The van der Waals surface area contributed by atoms with Gasteiger partial charge >= 0.3 is 0 Å². The van der Waals surface area contributed by atoms with Crippen LogP contribution in [0.2, 0.25) is 0 Å². The van der Waals surface area contributed by atoms with E-state index in [1.807, 2.05) is 6.92 Å². The number of hydrogen-bond acceptors (Lipinski definition) is 3. The van der Waals surface area contributed by atoms with Crippen molar-refractivity contribution in [2.24, 2.45) is 5.73 Å². The second-order valence-electron chi connectivity index (χ2n) is 4.86. The molecule has 0 saturated heterocycles. The minimum atomic E-state index is -0.530. The molecule has 0 aliphatic heterocycles. The Labute approximate surface area is 100 Å². The quantitative estimate of drug-likeness (QED) is 0.850. The van der Waals surface area contributed by atoms with Crippen LogP contribution in [0, 0.1) is 12.7 Å². The number of phenols is 1. The average Bonchev–Trinajstić information content (AvgIpc) is 3.05. The lowest BCUT2D eigenvalue weighted by molar-refractivity contribution is 0.347. The highest BCUT2D eigenvalue weighted by atomic mass is 19.1. The monoisotopic (exact) mass is 239 g/mol. The standard InChI is InChI=1S/C13H18FNO2/c1-7-9(13(4-5-13)8(2)15)6-10(14)12(17-3)11(7)16/h6,8,16H,4-5,15H2,1-3H3. The van der Waals surface area contributed by atoms with Crippen molar-refractivity contribution >= 4 is 0 Å². The predicted octanol–water partition coefficient (Wildman–Crippen LogP) is 2.23. The van der Waals surface area contributed by atoms with E-state index < -0.39 is 5.82 Å². The van der Waals surface area contributed by atoms with Gasteiger partial charge in [0, 0.05) is 11.5 Å². The molecule has 1 atom stereocenters.